The molecule has 0 atom stereocenters. The molecule has 0 bridgehead atoms. The second-order valence-corrected chi connectivity index (χ2v) is 4.81. The fourth-order valence-corrected chi connectivity index (χ4v) is 2.63. The molecule has 1 aromatic carbocycles. The van der Waals surface area contributed by atoms with E-state index < -0.39 is 0 Å². The van der Waals surface area contributed by atoms with E-state index in [0.29, 0.717) is 5.75 Å². The summed E-state index contributed by atoms with van der Waals surface area (Å²) in [5, 5.41) is 9.40. The topological polar surface area (TPSA) is 23.5 Å². The summed E-state index contributed by atoms with van der Waals surface area (Å²) in [6.45, 7) is 2.35. The predicted molar refractivity (Wildman–Crippen MR) is 61.4 cm³/mol. The molecular weight excluding hydrogens is 186 g/mol. The van der Waals surface area contributed by atoms with Crippen LogP contribution in [0.1, 0.15) is 24.8 Å². The number of phenols is 1. The molecule has 15 heavy (non-hydrogen) atoms. The smallest absolute Gasteiger partial charge is 0.116 e. The molecule has 0 saturated heterocycles. The van der Waals surface area contributed by atoms with Crippen molar-refractivity contribution in [2.45, 2.75) is 25.7 Å². The summed E-state index contributed by atoms with van der Waals surface area (Å²) in [5.74, 6) is 1.32. The van der Waals surface area contributed by atoms with Crippen LogP contribution in [-0.4, -0.2) is 18.2 Å². The Bertz CT molecular complexity index is 371. The Morgan fingerprint density at radius 2 is 2.20 bits per heavy atom. The van der Waals surface area contributed by atoms with Crippen LogP contribution in [0.2, 0.25) is 0 Å². The summed E-state index contributed by atoms with van der Waals surface area (Å²) in [4.78, 5) is 2.48. The summed E-state index contributed by atoms with van der Waals surface area (Å²) < 4.78 is 0. The predicted octanol–water partition coefficient (Wildman–Crippen LogP) is 2.55. The maximum absolute atomic E-state index is 9.40. The summed E-state index contributed by atoms with van der Waals surface area (Å²) in [6.07, 6.45) is 5.32. The number of benzene rings is 1. The fourth-order valence-electron chi connectivity index (χ4n) is 2.63. The monoisotopic (exact) mass is 203 g/mol. The van der Waals surface area contributed by atoms with E-state index in [1.807, 2.05) is 6.07 Å². The molecule has 80 valence electrons. The van der Waals surface area contributed by atoms with Crippen molar-refractivity contribution in [2.75, 3.05) is 18.0 Å². The number of hydrogen-bond acceptors (Lipinski definition) is 2. The Morgan fingerprint density at radius 1 is 1.33 bits per heavy atom. The van der Waals surface area contributed by atoms with E-state index in [-0.39, 0.29) is 0 Å². The first-order chi connectivity index (χ1) is 7.33. The SMILES string of the molecule is Oc1ccc2c(c1)CCN2CC1CCC1. The lowest BCUT2D eigenvalue weighted by molar-refractivity contribution is 0.319. The van der Waals surface area contributed by atoms with E-state index in [9.17, 15) is 5.11 Å². The highest BCUT2D eigenvalue weighted by atomic mass is 16.3. The van der Waals surface area contributed by atoms with Gasteiger partial charge in [-0.05, 0) is 48.9 Å². The minimum absolute atomic E-state index is 0.402. The largest absolute Gasteiger partial charge is 0.508 e. The number of anilines is 1. The molecule has 0 aromatic heterocycles. The van der Waals surface area contributed by atoms with Crippen molar-refractivity contribution < 1.29 is 5.11 Å². The van der Waals surface area contributed by atoms with Gasteiger partial charge in [0, 0.05) is 18.8 Å². The van der Waals surface area contributed by atoms with Crippen LogP contribution in [0.5, 0.6) is 5.75 Å². The molecule has 0 unspecified atom stereocenters. The minimum Gasteiger partial charge on any atom is -0.508 e. The summed E-state index contributed by atoms with van der Waals surface area (Å²) in [5.41, 5.74) is 2.66. The number of phenolic OH excluding ortho intramolecular Hbond substituents is 1. The van der Waals surface area contributed by atoms with E-state index >= 15 is 0 Å². The molecule has 2 aliphatic rings. The molecular formula is C13H17NO. The number of hydrogen-bond donors (Lipinski definition) is 1. The van der Waals surface area contributed by atoms with Gasteiger partial charge in [-0.1, -0.05) is 6.42 Å². The third kappa shape index (κ3) is 1.58. The lowest BCUT2D eigenvalue weighted by Crippen LogP contribution is -2.31. The van der Waals surface area contributed by atoms with Gasteiger partial charge in [-0.25, -0.2) is 0 Å². The Hall–Kier alpha value is -1.18. The quantitative estimate of drug-likeness (QED) is 0.798. The maximum Gasteiger partial charge on any atom is 0.116 e. The van der Waals surface area contributed by atoms with Crippen molar-refractivity contribution in [1.29, 1.82) is 0 Å². The molecule has 3 rings (SSSR count). The molecule has 1 N–H and O–H groups in total. The standard InChI is InChI=1S/C13H17NO/c15-12-4-5-13-11(8-12)6-7-14(13)9-10-2-1-3-10/h4-5,8,10,15H,1-3,6-7,9H2. The van der Waals surface area contributed by atoms with Crippen LogP contribution in [-0.2, 0) is 6.42 Å². The second kappa shape index (κ2) is 3.44. The zero-order chi connectivity index (χ0) is 10.3. The van der Waals surface area contributed by atoms with Gasteiger partial charge in [0.05, 0.1) is 0 Å². The lowest BCUT2D eigenvalue weighted by Gasteiger charge is -2.31. The summed E-state index contributed by atoms with van der Waals surface area (Å²) in [6, 6.07) is 5.78. The van der Waals surface area contributed by atoms with E-state index in [1.54, 1.807) is 6.07 Å². The fraction of sp³-hybridized carbons (Fsp3) is 0.538. The number of aromatic hydroxyl groups is 1. The highest BCUT2D eigenvalue weighted by Crippen LogP contribution is 2.34. The van der Waals surface area contributed by atoms with Gasteiger partial charge in [0.15, 0.2) is 0 Å². The van der Waals surface area contributed by atoms with Crippen LogP contribution >= 0.6 is 0 Å². The average molecular weight is 203 g/mol. The zero-order valence-electron chi connectivity index (χ0n) is 8.95. The van der Waals surface area contributed by atoms with Crippen molar-refractivity contribution in [3.8, 4) is 5.75 Å². The molecule has 0 amide bonds. The highest BCUT2D eigenvalue weighted by Gasteiger charge is 2.25. The third-order valence-electron chi connectivity index (χ3n) is 3.76. The number of fused-ring (bicyclic) bond motifs is 1. The van der Waals surface area contributed by atoms with Gasteiger partial charge in [0.1, 0.15) is 5.75 Å². The Labute approximate surface area is 90.5 Å². The molecule has 0 spiro atoms. The molecule has 2 nitrogen and oxygen atoms in total. The lowest BCUT2D eigenvalue weighted by atomic mass is 9.85. The molecule has 1 fully saturated rings. The van der Waals surface area contributed by atoms with Crippen LogP contribution < -0.4 is 4.90 Å². The maximum atomic E-state index is 9.40. The molecule has 1 aliphatic carbocycles. The zero-order valence-corrected chi connectivity index (χ0v) is 8.95. The van der Waals surface area contributed by atoms with Crippen molar-refractivity contribution in [3.63, 3.8) is 0 Å². The Morgan fingerprint density at radius 3 is 2.93 bits per heavy atom. The van der Waals surface area contributed by atoms with Gasteiger partial charge in [-0.15, -0.1) is 0 Å². The van der Waals surface area contributed by atoms with E-state index in [0.717, 1.165) is 18.9 Å². The second-order valence-electron chi connectivity index (χ2n) is 4.81. The van der Waals surface area contributed by atoms with Gasteiger partial charge in [-0.3, -0.25) is 0 Å². The molecule has 2 heteroatoms. The van der Waals surface area contributed by atoms with E-state index in [2.05, 4.69) is 11.0 Å². The Kier molecular flexibility index (Phi) is 2.08. The van der Waals surface area contributed by atoms with Crippen molar-refractivity contribution in [2.24, 2.45) is 5.92 Å². The molecule has 1 saturated carbocycles. The minimum atomic E-state index is 0.402. The van der Waals surface area contributed by atoms with Crippen LogP contribution in [0.4, 0.5) is 5.69 Å². The third-order valence-corrected chi connectivity index (χ3v) is 3.76. The van der Waals surface area contributed by atoms with E-state index in [4.69, 9.17) is 0 Å². The Balaban J connectivity index is 1.78. The van der Waals surface area contributed by atoms with Crippen molar-refractivity contribution in [1.82, 2.24) is 0 Å². The van der Waals surface area contributed by atoms with Gasteiger partial charge in [-0.2, -0.15) is 0 Å². The summed E-state index contributed by atoms with van der Waals surface area (Å²) in [7, 11) is 0. The number of rotatable bonds is 2. The van der Waals surface area contributed by atoms with Gasteiger partial charge < -0.3 is 10.0 Å². The average Bonchev–Trinajstić information content (AvgIpc) is 2.54. The highest BCUT2D eigenvalue weighted by molar-refractivity contribution is 5.60. The van der Waals surface area contributed by atoms with E-state index in [1.165, 1.54) is 37.1 Å². The van der Waals surface area contributed by atoms with Crippen LogP contribution in [0.3, 0.4) is 0 Å². The molecule has 1 aliphatic heterocycles. The van der Waals surface area contributed by atoms with Crippen LogP contribution in [0.15, 0.2) is 18.2 Å². The summed E-state index contributed by atoms with van der Waals surface area (Å²) >= 11 is 0. The molecule has 0 radical (unpaired) electrons. The van der Waals surface area contributed by atoms with Crippen molar-refractivity contribution >= 4 is 5.69 Å². The van der Waals surface area contributed by atoms with Crippen molar-refractivity contribution in [3.05, 3.63) is 23.8 Å². The van der Waals surface area contributed by atoms with Gasteiger partial charge in [0.2, 0.25) is 0 Å². The normalized spacial score (nSPS) is 20.1. The van der Waals surface area contributed by atoms with Crippen LogP contribution in [0, 0.1) is 5.92 Å². The first-order valence-electron chi connectivity index (χ1n) is 5.90. The van der Waals surface area contributed by atoms with Crippen LogP contribution in [0.25, 0.3) is 0 Å². The van der Waals surface area contributed by atoms with Gasteiger partial charge >= 0.3 is 0 Å². The molecule has 1 aromatic rings. The first kappa shape index (κ1) is 9.08. The van der Waals surface area contributed by atoms with Gasteiger partial charge in [0.25, 0.3) is 0 Å². The first-order valence-corrected chi connectivity index (χ1v) is 5.90. The number of nitrogens with zero attached hydrogens (tertiary/aromatic N) is 1. The molecule has 1 heterocycles.